The maximum Gasteiger partial charge on any atom is 0.586 e. The first kappa shape index (κ1) is 16.5. The van der Waals surface area contributed by atoms with Crippen LogP contribution in [0.2, 0.25) is 0 Å². The largest absolute Gasteiger partial charge is 0.586 e. The molecule has 7 nitrogen and oxygen atoms in total. The first-order valence-corrected chi connectivity index (χ1v) is 8.63. The predicted octanol–water partition coefficient (Wildman–Crippen LogP) is 2.85. The summed E-state index contributed by atoms with van der Waals surface area (Å²) in [5.74, 6) is -0.205. The minimum atomic E-state index is -3.71. The van der Waals surface area contributed by atoms with Gasteiger partial charge in [-0.2, -0.15) is 10.3 Å². The Morgan fingerprint density at radius 3 is 2.73 bits per heavy atom. The van der Waals surface area contributed by atoms with Gasteiger partial charge in [-0.15, -0.1) is 8.78 Å². The molecular weight excluding hydrogens is 366 g/mol. The molecule has 0 N–H and O–H groups in total. The van der Waals surface area contributed by atoms with Crippen molar-refractivity contribution in [3.8, 4) is 23.3 Å². The number of amides is 2. The molecule has 1 fully saturated rings. The third kappa shape index (κ3) is 3.01. The second kappa shape index (κ2) is 6.10. The monoisotopic (exact) mass is 378 g/mol. The molecule has 4 rings (SSSR count). The Labute approximate surface area is 150 Å². The van der Waals surface area contributed by atoms with E-state index in [9.17, 15) is 13.6 Å². The van der Waals surface area contributed by atoms with Gasteiger partial charge in [0.1, 0.15) is 10.9 Å². The molecule has 134 valence electrons. The highest BCUT2D eigenvalue weighted by molar-refractivity contribution is 7.09. The zero-order valence-electron chi connectivity index (χ0n) is 13.3. The number of ether oxygens (including phenoxy) is 2. The molecular formula is C16H12F2N4O3S. The highest BCUT2D eigenvalue weighted by Crippen LogP contribution is 2.41. The third-order valence-corrected chi connectivity index (χ3v) is 4.88. The van der Waals surface area contributed by atoms with E-state index in [1.807, 2.05) is 6.07 Å². The first-order chi connectivity index (χ1) is 12.4. The molecule has 1 aromatic carbocycles. The second-order valence-corrected chi connectivity index (χ2v) is 6.76. The van der Waals surface area contributed by atoms with Crippen LogP contribution < -0.4 is 14.3 Å². The van der Waals surface area contributed by atoms with Crippen molar-refractivity contribution in [2.24, 2.45) is 4.99 Å². The van der Waals surface area contributed by atoms with Gasteiger partial charge in [-0.3, -0.25) is 4.57 Å². The molecule has 0 spiro atoms. The first-order valence-electron chi connectivity index (χ1n) is 7.82. The molecule has 2 aromatic rings. The Hall–Kier alpha value is -2.93. The minimum Gasteiger partial charge on any atom is -0.395 e. The van der Waals surface area contributed by atoms with Gasteiger partial charge in [-0.25, -0.2) is 4.79 Å². The highest BCUT2D eigenvalue weighted by atomic mass is 32.1. The van der Waals surface area contributed by atoms with Crippen molar-refractivity contribution in [2.75, 3.05) is 13.1 Å². The average Bonchev–Trinajstić information content (AvgIpc) is 3.30. The quantitative estimate of drug-likeness (QED) is 0.764. The van der Waals surface area contributed by atoms with Crippen LogP contribution in [0.15, 0.2) is 29.4 Å². The van der Waals surface area contributed by atoms with Gasteiger partial charge in [0.15, 0.2) is 16.3 Å². The SMILES string of the molecule is N#Cc1cn(-c2ccc3c(c2)OC(F)(F)O3)/c(=N/C(=O)N2CCCC2)s1. The van der Waals surface area contributed by atoms with Crippen LogP contribution in [0.25, 0.3) is 5.69 Å². The Kier molecular flexibility index (Phi) is 3.88. The van der Waals surface area contributed by atoms with E-state index in [1.54, 1.807) is 4.90 Å². The van der Waals surface area contributed by atoms with Crippen molar-refractivity contribution < 1.29 is 23.0 Å². The number of thiazole rings is 1. The molecule has 2 aliphatic heterocycles. The van der Waals surface area contributed by atoms with Crippen LogP contribution in [-0.4, -0.2) is 34.9 Å². The van der Waals surface area contributed by atoms with Crippen molar-refractivity contribution >= 4 is 17.4 Å². The lowest BCUT2D eigenvalue weighted by Crippen LogP contribution is -2.27. The number of rotatable bonds is 1. The van der Waals surface area contributed by atoms with Gasteiger partial charge in [0, 0.05) is 25.4 Å². The number of carbonyl (C=O) groups is 1. The van der Waals surface area contributed by atoms with Gasteiger partial charge in [-0.05, 0) is 25.0 Å². The summed E-state index contributed by atoms with van der Waals surface area (Å²) in [6, 6.07) is 5.84. The van der Waals surface area contributed by atoms with Crippen LogP contribution in [0, 0.1) is 11.3 Å². The van der Waals surface area contributed by atoms with Crippen molar-refractivity contribution in [1.29, 1.82) is 5.26 Å². The van der Waals surface area contributed by atoms with E-state index in [0.29, 0.717) is 23.7 Å². The number of fused-ring (bicyclic) bond motifs is 1. The van der Waals surface area contributed by atoms with E-state index in [1.165, 1.54) is 29.0 Å². The number of nitrogens with zero attached hydrogens (tertiary/aromatic N) is 4. The fourth-order valence-electron chi connectivity index (χ4n) is 2.81. The fourth-order valence-corrected chi connectivity index (χ4v) is 3.59. The van der Waals surface area contributed by atoms with Crippen LogP contribution in [0.3, 0.4) is 0 Å². The Balaban J connectivity index is 1.75. The topological polar surface area (TPSA) is 79.9 Å². The number of halogens is 2. The standard InChI is InChI=1S/C16H12F2N4O3S/c17-16(18)24-12-4-3-10(7-13(12)25-16)22-9-11(8-19)26-15(22)20-14(23)21-5-1-2-6-21/h3-4,7,9H,1-2,5-6H2/b20-15-. The number of alkyl halides is 2. The van der Waals surface area contributed by atoms with Crippen molar-refractivity contribution in [1.82, 2.24) is 9.47 Å². The lowest BCUT2D eigenvalue weighted by atomic mass is 10.3. The summed E-state index contributed by atoms with van der Waals surface area (Å²) in [6.45, 7) is 1.30. The van der Waals surface area contributed by atoms with Crippen LogP contribution in [-0.2, 0) is 0 Å². The molecule has 26 heavy (non-hydrogen) atoms. The summed E-state index contributed by atoms with van der Waals surface area (Å²) in [7, 11) is 0. The lowest BCUT2D eigenvalue weighted by Gasteiger charge is -2.10. The molecule has 0 bridgehead atoms. The van der Waals surface area contributed by atoms with Crippen LogP contribution in [0.4, 0.5) is 13.6 Å². The van der Waals surface area contributed by atoms with Crippen LogP contribution in [0.1, 0.15) is 17.7 Å². The molecule has 3 heterocycles. The minimum absolute atomic E-state index is 0.0817. The second-order valence-electron chi connectivity index (χ2n) is 5.75. The van der Waals surface area contributed by atoms with Crippen LogP contribution in [0.5, 0.6) is 11.5 Å². The molecule has 2 aliphatic rings. The Morgan fingerprint density at radius 1 is 1.27 bits per heavy atom. The van der Waals surface area contributed by atoms with Crippen molar-refractivity contribution in [3.63, 3.8) is 0 Å². The van der Waals surface area contributed by atoms with E-state index >= 15 is 0 Å². The van der Waals surface area contributed by atoms with E-state index in [0.717, 1.165) is 24.2 Å². The predicted molar refractivity (Wildman–Crippen MR) is 86.3 cm³/mol. The van der Waals surface area contributed by atoms with E-state index < -0.39 is 6.29 Å². The average molecular weight is 378 g/mol. The number of likely N-dealkylation sites (tertiary alicyclic amines) is 1. The van der Waals surface area contributed by atoms with Crippen molar-refractivity contribution in [2.45, 2.75) is 19.1 Å². The zero-order chi connectivity index (χ0) is 18.3. The molecule has 1 saturated heterocycles. The molecule has 0 saturated carbocycles. The number of carbonyl (C=O) groups excluding carboxylic acids is 1. The van der Waals surface area contributed by atoms with E-state index in [-0.39, 0.29) is 22.3 Å². The molecule has 0 unspecified atom stereocenters. The number of aromatic nitrogens is 1. The Bertz CT molecular complexity index is 986. The molecule has 1 aromatic heterocycles. The number of benzene rings is 1. The molecule has 0 radical (unpaired) electrons. The summed E-state index contributed by atoms with van der Waals surface area (Å²) in [6.07, 6.45) is -0.343. The van der Waals surface area contributed by atoms with Gasteiger partial charge in [-0.1, -0.05) is 11.3 Å². The molecule has 10 heteroatoms. The number of hydrogen-bond acceptors (Lipinski definition) is 5. The Morgan fingerprint density at radius 2 is 2.00 bits per heavy atom. The van der Waals surface area contributed by atoms with Crippen molar-refractivity contribution in [3.05, 3.63) is 34.1 Å². The highest BCUT2D eigenvalue weighted by Gasteiger charge is 2.43. The van der Waals surface area contributed by atoms with E-state index in [2.05, 4.69) is 14.5 Å². The third-order valence-electron chi connectivity index (χ3n) is 3.99. The summed E-state index contributed by atoms with van der Waals surface area (Å²) in [4.78, 5) is 18.7. The number of hydrogen-bond donors (Lipinski definition) is 0. The number of urea groups is 1. The van der Waals surface area contributed by atoms with Gasteiger partial charge in [0.25, 0.3) is 0 Å². The van der Waals surface area contributed by atoms with Gasteiger partial charge in [0.05, 0.1) is 5.69 Å². The lowest BCUT2D eigenvalue weighted by molar-refractivity contribution is -0.286. The smallest absolute Gasteiger partial charge is 0.395 e. The normalized spacial score (nSPS) is 18.2. The summed E-state index contributed by atoms with van der Waals surface area (Å²) < 4.78 is 36.7. The van der Waals surface area contributed by atoms with Gasteiger partial charge in [0.2, 0.25) is 0 Å². The number of nitriles is 1. The summed E-state index contributed by atoms with van der Waals surface area (Å²) >= 11 is 1.04. The zero-order valence-corrected chi connectivity index (χ0v) is 14.1. The molecule has 0 aliphatic carbocycles. The molecule has 0 atom stereocenters. The van der Waals surface area contributed by atoms with Gasteiger partial charge >= 0.3 is 12.3 Å². The van der Waals surface area contributed by atoms with Crippen LogP contribution >= 0.6 is 11.3 Å². The van der Waals surface area contributed by atoms with E-state index in [4.69, 9.17) is 5.26 Å². The summed E-state index contributed by atoms with van der Waals surface area (Å²) in [5, 5.41) is 9.16. The fraction of sp³-hybridized carbons (Fsp3) is 0.312. The maximum atomic E-state index is 13.2. The maximum absolute atomic E-state index is 13.2. The summed E-state index contributed by atoms with van der Waals surface area (Å²) in [5.41, 5.74) is 0.427. The van der Waals surface area contributed by atoms with Gasteiger partial charge < -0.3 is 14.4 Å². The molecule has 2 amide bonds.